The predicted octanol–water partition coefficient (Wildman–Crippen LogP) is 5.30. The lowest BCUT2D eigenvalue weighted by Crippen LogP contribution is -2.26. The lowest BCUT2D eigenvalue weighted by molar-refractivity contribution is -0.138. The highest BCUT2D eigenvalue weighted by atomic mass is 35.5. The molecule has 0 aliphatic carbocycles. The number of pyridine rings is 1. The fraction of sp³-hybridized carbons (Fsp3) is 0.200. The molecular formula is C15H10Cl3F3N2O. The van der Waals surface area contributed by atoms with Crippen molar-refractivity contribution in [3.05, 3.63) is 61.8 Å². The Morgan fingerprint density at radius 1 is 1.21 bits per heavy atom. The molecule has 0 spiro atoms. The molecule has 0 radical (unpaired) electrons. The number of carbonyl (C=O) groups excluding carboxylic acids is 1. The minimum Gasteiger partial charge on any atom is -0.348 e. The van der Waals surface area contributed by atoms with Crippen LogP contribution in [-0.2, 0) is 12.7 Å². The SMILES string of the molecule is Cc1cc(Cl)cc(Cl)c1CNC(=O)c1cnc(Cl)cc1C(F)(F)F. The topological polar surface area (TPSA) is 42.0 Å². The van der Waals surface area contributed by atoms with Gasteiger partial charge in [0, 0.05) is 22.8 Å². The Kier molecular flexibility index (Phi) is 5.63. The smallest absolute Gasteiger partial charge is 0.348 e. The van der Waals surface area contributed by atoms with Gasteiger partial charge in [-0.1, -0.05) is 34.8 Å². The first-order chi connectivity index (χ1) is 11.1. The van der Waals surface area contributed by atoms with Gasteiger partial charge in [0.1, 0.15) is 5.15 Å². The summed E-state index contributed by atoms with van der Waals surface area (Å²) in [4.78, 5) is 15.7. The summed E-state index contributed by atoms with van der Waals surface area (Å²) in [6, 6.07) is 3.74. The van der Waals surface area contributed by atoms with Crippen LogP contribution in [0, 0.1) is 6.92 Å². The number of hydrogen-bond acceptors (Lipinski definition) is 2. The number of benzene rings is 1. The van der Waals surface area contributed by atoms with E-state index >= 15 is 0 Å². The quantitative estimate of drug-likeness (QED) is 0.714. The number of nitrogens with zero attached hydrogens (tertiary/aromatic N) is 1. The van der Waals surface area contributed by atoms with Crippen LogP contribution in [0.2, 0.25) is 15.2 Å². The second-order valence-electron chi connectivity index (χ2n) is 4.92. The highest BCUT2D eigenvalue weighted by molar-refractivity contribution is 6.35. The third-order valence-corrected chi connectivity index (χ3v) is 3.99. The van der Waals surface area contributed by atoms with Gasteiger partial charge in [-0.3, -0.25) is 4.79 Å². The Labute approximate surface area is 150 Å². The van der Waals surface area contributed by atoms with Gasteiger partial charge in [-0.2, -0.15) is 13.2 Å². The molecule has 0 saturated heterocycles. The van der Waals surface area contributed by atoms with Gasteiger partial charge in [0.05, 0.1) is 11.1 Å². The van der Waals surface area contributed by atoms with Gasteiger partial charge in [0.2, 0.25) is 0 Å². The number of rotatable bonds is 3. The first-order valence-corrected chi connectivity index (χ1v) is 7.68. The maximum Gasteiger partial charge on any atom is 0.417 e. The summed E-state index contributed by atoms with van der Waals surface area (Å²) >= 11 is 17.4. The third kappa shape index (κ3) is 4.32. The molecule has 24 heavy (non-hydrogen) atoms. The van der Waals surface area contributed by atoms with E-state index in [1.807, 2.05) is 0 Å². The first kappa shape index (κ1) is 18.8. The second kappa shape index (κ2) is 7.17. The fourth-order valence-corrected chi connectivity index (χ4v) is 2.89. The second-order valence-corrected chi connectivity index (χ2v) is 6.15. The van der Waals surface area contributed by atoms with Crippen LogP contribution in [0.4, 0.5) is 13.2 Å². The molecule has 1 N–H and O–H groups in total. The molecule has 0 fully saturated rings. The lowest BCUT2D eigenvalue weighted by atomic mass is 10.1. The number of alkyl halides is 3. The Morgan fingerprint density at radius 3 is 2.46 bits per heavy atom. The maximum absolute atomic E-state index is 13.0. The van der Waals surface area contributed by atoms with Crippen molar-refractivity contribution in [2.45, 2.75) is 19.6 Å². The van der Waals surface area contributed by atoms with E-state index in [0.29, 0.717) is 27.2 Å². The van der Waals surface area contributed by atoms with Gasteiger partial charge < -0.3 is 5.32 Å². The van der Waals surface area contributed by atoms with E-state index < -0.39 is 23.2 Å². The number of hydrogen-bond donors (Lipinski definition) is 1. The van der Waals surface area contributed by atoms with E-state index in [-0.39, 0.29) is 11.7 Å². The minimum absolute atomic E-state index is 0.0550. The molecule has 0 atom stereocenters. The fourth-order valence-electron chi connectivity index (χ4n) is 2.07. The van der Waals surface area contributed by atoms with Crippen LogP contribution in [-0.4, -0.2) is 10.9 Å². The van der Waals surface area contributed by atoms with Crippen LogP contribution >= 0.6 is 34.8 Å². The van der Waals surface area contributed by atoms with Crippen LogP contribution < -0.4 is 5.32 Å². The zero-order valence-corrected chi connectivity index (χ0v) is 14.4. The molecule has 128 valence electrons. The van der Waals surface area contributed by atoms with Crippen molar-refractivity contribution in [2.75, 3.05) is 0 Å². The number of amides is 1. The molecular weight excluding hydrogens is 388 g/mol. The van der Waals surface area contributed by atoms with Crippen molar-refractivity contribution in [3.63, 3.8) is 0 Å². The number of aromatic nitrogens is 1. The van der Waals surface area contributed by atoms with Crippen LogP contribution in [0.25, 0.3) is 0 Å². The minimum atomic E-state index is -4.73. The molecule has 2 rings (SSSR count). The zero-order chi connectivity index (χ0) is 18.1. The van der Waals surface area contributed by atoms with Crippen LogP contribution in [0.3, 0.4) is 0 Å². The molecule has 2 aromatic rings. The highest BCUT2D eigenvalue weighted by Gasteiger charge is 2.35. The Hall–Kier alpha value is -1.50. The van der Waals surface area contributed by atoms with Gasteiger partial charge in [-0.25, -0.2) is 4.98 Å². The molecule has 0 bridgehead atoms. The van der Waals surface area contributed by atoms with E-state index in [1.165, 1.54) is 6.07 Å². The van der Waals surface area contributed by atoms with Gasteiger partial charge >= 0.3 is 6.18 Å². The molecule has 0 saturated carbocycles. The summed E-state index contributed by atoms with van der Waals surface area (Å²) in [5.74, 6) is -0.933. The summed E-state index contributed by atoms with van der Waals surface area (Å²) in [5, 5.41) is 2.78. The number of halogens is 6. The molecule has 1 aromatic heterocycles. The number of nitrogens with one attached hydrogen (secondary N) is 1. The monoisotopic (exact) mass is 396 g/mol. The molecule has 1 aromatic carbocycles. The first-order valence-electron chi connectivity index (χ1n) is 6.55. The van der Waals surface area contributed by atoms with Gasteiger partial charge in [0.25, 0.3) is 5.91 Å². The summed E-state index contributed by atoms with van der Waals surface area (Å²) in [6.45, 7) is 1.67. The molecule has 0 aliphatic rings. The molecule has 1 amide bonds. The Balaban J connectivity index is 2.26. The predicted molar refractivity (Wildman–Crippen MR) is 86.6 cm³/mol. The molecule has 1 heterocycles. The highest BCUT2D eigenvalue weighted by Crippen LogP contribution is 2.33. The normalized spacial score (nSPS) is 11.5. The number of carbonyl (C=O) groups is 1. The van der Waals surface area contributed by atoms with Crippen LogP contribution in [0.1, 0.15) is 27.0 Å². The van der Waals surface area contributed by atoms with E-state index in [4.69, 9.17) is 34.8 Å². The standard InChI is InChI=1S/C15H10Cl3F3N2O/c1-7-2-8(16)3-12(17)9(7)5-23-14(24)10-6-22-13(18)4-11(10)15(19,20)21/h2-4,6H,5H2,1H3,(H,23,24). The summed E-state index contributed by atoms with van der Waals surface area (Å²) in [7, 11) is 0. The molecule has 0 aliphatic heterocycles. The van der Waals surface area contributed by atoms with Gasteiger partial charge in [-0.15, -0.1) is 0 Å². The third-order valence-electron chi connectivity index (χ3n) is 3.23. The lowest BCUT2D eigenvalue weighted by Gasteiger charge is -2.14. The van der Waals surface area contributed by atoms with Crippen molar-refractivity contribution in [1.29, 1.82) is 0 Å². The zero-order valence-electron chi connectivity index (χ0n) is 12.1. The summed E-state index contributed by atoms with van der Waals surface area (Å²) < 4.78 is 39.1. The van der Waals surface area contributed by atoms with Crippen LogP contribution in [0.15, 0.2) is 24.4 Å². The summed E-state index contributed by atoms with van der Waals surface area (Å²) in [5.41, 5.74) is -0.503. The van der Waals surface area contributed by atoms with Crippen molar-refractivity contribution < 1.29 is 18.0 Å². The number of aryl methyl sites for hydroxylation is 1. The van der Waals surface area contributed by atoms with Crippen molar-refractivity contribution in [2.24, 2.45) is 0 Å². The van der Waals surface area contributed by atoms with E-state index in [2.05, 4.69) is 10.3 Å². The van der Waals surface area contributed by atoms with E-state index in [1.54, 1.807) is 13.0 Å². The van der Waals surface area contributed by atoms with E-state index in [0.717, 1.165) is 6.20 Å². The van der Waals surface area contributed by atoms with Gasteiger partial charge in [-0.05, 0) is 36.2 Å². The molecule has 9 heteroatoms. The Bertz CT molecular complexity index is 771. The van der Waals surface area contributed by atoms with Crippen LogP contribution in [0.5, 0.6) is 0 Å². The average molecular weight is 398 g/mol. The van der Waals surface area contributed by atoms with Gasteiger partial charge in [0.15, 0.2) is 0 Å². The molecule has 3 nitrogen and oxygen atoms in total. The van der Waals surface area contributed by atoms with Crippen molar-refractivity contribution >= 4 is 40.7 Å². The van der Waals surface area contributed by atoms with Crippen molar-refractivity contribution in [3.8, 4) is 0 Å². The largest absolute Gasteiger partial charge is 0.417 e. The summed E-state index contributed by atoms with van der Waals surface area (Å²) in [6.07, 6.45) is -3.94. The molecule has 0 unspecified atom stereocenters. The maximum atomic E-state index is 13.0. The Morgan fingerprint density at radius 2 is 1.88 bits per heavy atom. The van der Waals surface area contributed by atoms with E-state index in [9.17, 15) is 18.0 Å². The average Bonchev–Trinajstić information content (AvgIpc) is 2.44. The van der Waals surface area contributed by atoms with Crippen molar-refractivity contribution in [1.82, 2.24) is 10.3 Å².